The zero-order valence-corrected chi connectivity index (χ0v) is 13.4. The van der Waals surface area contributed by atoms with Crippen molar-refractivity contribution in [2.75, 3.05) is 5.88 Å². The van der Waals surface area contributed by atoms with Crippen LogP contribution in [0.4, 0.5) is 0 Å². The van der Waals surface area contributed by atoms with E-state index in [9.17, 15) is 9.90 Å². The Bertz CT molecular complexity index is 439. The number of phenolic OH excluding ortho intramolecular Hbond substituents is 1. The molecule has 0 aromatic heterocycles. The van der Waals surface area contributed by atoms with Crippen molar-refractivity contribution in [3.8, 4) is 5.75 Å². The SMILES string of the molecule is CCC(C)(CCCl)NC(=O)c1ccc(I)c(O)c1. The van der Waals surface area contributed by atoms with Gasteiger partial charge in [-0.05, 0) is 60.6 Å². The molecule has 0 fully saturated rings. The van der Waals surface area contributed by atoms with Crippen LogP contribution in [0.5, 0.6) is 5.75 Å². The van der Waals surface area contributed by atoms with Crippen molar-refractivity contribution in [3.05, 3.63) is 27.3 Å². The van der Waals surface area contributed by atoms with E-state index in [1.54, 1.807) is 12.1 Å². The van der Waals surface area contributed by atoms with Gasteiger partial charge in [0.2, 0.25) is 0 Å². The number of benzene rings is 1. The van der Waals surface area contributed by atoms with E-state index >= 15 is 0 Å². The zero-order chi connectivity index (χ0) is 13.8. The topological polar surface area (TPSA) is 49.3 Å². The predicted molar refractivity (Wildman–Crippen MR) is 82.3 cm³/mol. The molecule has 18 heavy (non-hydrogen) atoms. The molecule has 0 saturated carbocycles. The number of carbonyl (C=O) groups excluding carboxylic acids is 1. The summed E-state index contributed by atoms with van der Waals surface area (Å²) in [5, 5.41) is 12.6. The number of alkyl halides is 1. The minimum absolute atomic E-state index is 0.124. The minimum atomic E-state index is -0.308. The quantitative estimate of drug-likeness (QED) is 0.605. The molecular formula is C13H17ClINO2. The number of hydrogen-bond donors (Lipinski definition) is 2. The summed E-state index contributed by atoms with van der Waals surface area (Å²) in [5.41, 5.74) is 0.152. The van der Waals surface area contributed by atoms with Crippen LogP contribution >= 0.6 is 34.2 Å². The molecule has 1 aromatic rings. The van der Waals surface area contributed by atoms with Gasteiger partial charge < -0.3 is 10.4 Å². The fraction of sp³-hybridized carbons (Fsp3) is 0.462. The smallest absolute Gasteiger partial charge is 0.251 e. The summed E-state index contributed by atoms with van der Waals surface area (Å²) in [6.45, 7) is 3.98. The molecule has 0 spiro atoms. The highest BCUT2D eigenvalue weighted by atomic mass is 127. The highest BCUT2D eigenvalue weighted by molar-refractivity contribution is 14.1. The molecule has 0 aliphatic carbocycles. The van der Waals surface area contributed by atoms with Gasteiger partial charge in [0, 0.05) is 17.0 Å². The molecule has 1 amide bonds. The lowest BCUT2D eigenvalue weighted by molar-refractivity contribution is 0.0901. The van der Waals surface area contributed by atoms with Crippen LogP contribution in [0.25, 0.3) is 0 Å². The Morgan fingerprint density at radius 2 is 2.22 bits per heavy atom. The van der Waals surface area contributed by atoms with E-state index in [-0.39, 0.29) is 17.2 Å². The highest BCUT2D eigenvalue weighted by Gasteiger charge is 2.24. The van der Waals surface area contributed by atoms with Gasteiger partial charge in [-0.15, -0.1) is 11.6 Å². The minimum Gasteiger partial charge on any atom is -0.507 e. The summed E-state index contributed by atoms with van der Waals surface area (Å²) in [4.78, 5) is 12.1. The van der Waals surface area contributed by atoms with Crippen molar-refractivity contribution in [1.29, 1.82) is 0 Å². The summed E-state index contributed by atoms with van der Waals surface area (Å²) in [6.07, 6.45) is 1.52. The molecule has 1 rings (SSSR count). The van der Waals surface area contributed by atoms with E-state index in [0.717, 1.165) is 9.99 Å². The van der Waals surface area contributed by atoms with E-state index in [1.807, 2.05) is 36.4 Å². The van der Waals surface area contributed by atoms with Gasteiger partial charge in [0.15, 0.2) is 0 Å². The first-order chi connectivity index (χ1) is 8.41. The molecule has 0 heterocycles. The lowest BCUT2D eigenvalue weighted by Crippen LogP contribution is -2.45. The Kier molecular flexibility index (Phi) is 5.72. The molecular weight excluding hydrogens is 365 g/mol. The maximum Gasteiger partial charge on any atom is 0.251 e. The van der Waals surface area contributed by atoms with Crippen LogP contribution < -0.4 is 5.32 Å². The lowest BCUT2D eigenvalue weighted by atomic mass is 9.95. The van der Waals surface area contributed by atoms with Crippen LogP contribution in [-0.4, -0.2) is 22.4 Å². The van der Waals surface area contributed by atoms with Crippen molar-refractivity contribution < 1.29 is 9.90 Å². The van der Waals surface area contributed by atoms with Crippen LogP contribution in [0.3, 0.4) is 0 Å². The summed E-state index contributed by atoms with van der Waals surface area (Å²) in [5.74, 6) is 0.442. The van der Waals surface area contributed by atoms with Gasteiger partial charge in [0.25, 0.3) is 5.91 Å². The van der Waals surface area contributed by atoms with Crippen LogP contribution in [0.2, 0.25) is 0 Å². The Morgan fingerprint density at radius 3 is 2.72 bits per heavy atom. The molecule has 0 aliphatic heterocycles. The third kappa shape index (κ3) is 4.02. The lowest BCUT2D eigenvalue weighted by Gasteiger charge is -2.29. The molecule has 1 unspecified atom stereocenters. The number of rotatable bonds is 5. The van der Waals surface area contributed by atoms with Gasteiger partial charge in [0.05, 0.1) is 3.57 Å². The first-order valence-electron chi connectivity index (χ1n) is 5.79. The van der Waals surface area contributed by atoms with E-state index in [2.05, 4.69) is 5.32 Å². The molecule has 0 aliphatic rings. The molecule has 0 radical (unpaired) electrons. The monoisotopic (exact) mass is 381 g/mol. The number of aromatic hydroxyl groups is 1. The average Bonchev–Trinajstić information content (AvgIpc) is 2.32. The maximum absolute atomic E-state index is 12.1. The predicted octanol–water partition coefficient (Wildman–Crippen LogP) is 3.52. The van der Waals surface area contributed by atoms with Crippen molar-refractivity contribution in [2.45, 2.75) is 32.2 Å². The van der Waals surface area contributed by atoms with E-state index in [4.69, 9.17) is 11.6 Å². The first kappa shape index (κ1) is 15.6. The third-order valence-electron chi connectivity index (χ3n) is 3.05. The zero-order valence-electron chi connectivity index (χ0n) is 10.5. The first-order valence-corrected chi connectivity index (χ1v) is 7.40. The Hall–Kier alpha value is -0.490. The molecule has 2 N–H and O–H groups in total. The molecule has 100 valence electrons. The number of hydrogen-bond acceptors (Lipinski definition) is 2. The van der Waals surface area contributed by atoms with Crippen molar-refractivity contribution in [1.82, 2.24) is 5.32 Å². The molecule has 5 heteroatoms. The van der Waals surface area contributed by atoms with Crippen LogP contribution in [0, 0.1) is 3.57 Å². The Morgan fingerprint density at radius 1 is 1.56 bits per heavy atom. The van der Waals surface area contributed by atoms with Gasteiger partial charge in [-0.3, -0.25) is 4.79 Å². The molecule has 0 bridgehead atoms. The van der Waals surface area contributed by atoms with Gasteiger partial charge in [0.1, 0.15) is 5.75 Å². The fourth-order valence-electron chi connectivity index (χ4n) is 1.54. The maximum atomic E-state index is 12.1. The Balaban J connectivity index is 2.84. The number of halogens is 2. The molecule has 3 nitrogen and oxygen atoms in total. The van der Waals surface area contributed by atoms with Gasteiger partial charge in [-0.1, -0.05) is 6.92 Å². The van der Waals surface area contributed by atoms with Crippen molar-refractivity contribution in [3.63, 3.8) is 0 Å². The van der Waals surface area contributed by atoms with Crippen LogP contribution in [0.15, 0.2) is 18.2 Å². The standard InChI is InChI=1S/C13H17ClINO2/c1-3-13(2,6-7-14)16-12(18)9-4-5-10(15)11(17)8-9/h4-5,8,17H,3,6-7H2,1-2H3,(H,16,18). The number of nitrogens with one attached hydrogen (secondary N) is 1. The third-order valence-corrected chi connectivity index (χ3v) is 4.15. The van der Waals surface area contributed by atoms with Gasteiger partial charge >= 0.3 is 0 Å². The molecule has 1 aromatic carbocycles. The fourth-order valence-corrected chi connectivity index (χ4v) is 2.29. The number of carbonyl (C=O) groups is 1. The van der Waals surface area contributed by atoms with E-state index < -0.39 is 0 Å². The largest absolute Gasteiger partial charge is 0.507 e. The van der Waals surface area contributed by atoms with Crippen LogP contribution in [0.1, 0.15) is 37.0 Å². The van der Waals surface area contributed by atoms with E-state index in [1.165, 1.54) is 6.07 Å². The summed E-state index contributed by atoms with van der Waals surface area (Å²) in [7, 11) is 0. The normalized spacial score (nSPS) is 14.0. The van der Waals surface area contributed by atoms with Gasteiger partial charge in [-0.2, -0.15) is 0 Å². The molecule has 0 saturated heterocycles. The van der Waals surface area contributed by atoms with Gasteiger partial charge in [-0.25, -0.2) is 0 Å². The Labute approximate surface area is 126 Å². The summed E-state index contributed by atoms with van der Waals surface area (Å²) >= 11 is 7.76. The second kappa shape index (κ2) is 6.61. The van der Waals surface area contributed by atoms with E-state index in [0.29, 0.717) is 17.9 Å². The number of amides is 1. The second-order valence-corrected chi connectivity index (χ2v) is 6.01. The summed E-state index contributed by atoms with van der Waals surface area (Å²) < 4.78 is 0.725. The van der Waals surface area contributed by atoms with Crippen LogP contribution in [-0.2, 0) is 0 Å². The number of phenols is 1. The van der Waals surface area contributed by atoms with Crippen molar-refractivity contribution >= 4 is 40.1 Å². The molecule has 1 atom stereocenters. The van der Waals surface area contributed by atoms with Crippen molar-refractivity contribution in [2.24, 2.45) is 0 Å². The second-order valence-electron chi connectivity index (χ2n) is 4.47. The highest BCUT2D eigenvalue weighted by Crippen LogP contribution is 2.22. The summed E-state index contributed by atoms with van der Waals surface area (Å²) in [6, 6.07) is 4.90. The average molecular weight is 382 g/mol.